The molecule has 0 spiro atoms. The van der Waals surface area contributed by atoms with E-state index >= 15 is 0 Å². The molecule has 4 heteroatoms. The SMILES string of the molecule is COC(=O)c1cc(CC2CCCCN2)c(F)cc1C. The largest absolute Gasteiger partial charge is 0.465 e. The Labute approximate surface area is 113 Å². The lowest BCUT2D eigenvalue weighted by Gasteiger charge is -2.24. The summed E-state index contributed by atoms with van der Waals surface area (Å²) in [5.41, 5.74) is 1.66. The highest BCUT2D eigenvalue weighted by atomic mass is 19.1. The molecule has 0 bridgehead atoms. The number of esters is 1. The molecule has 1 saturated heterocycles. The molecule has 0 aliphatic carbocycles. The highest BCUT2D eigenvalue weighted by Crippen LogP contribution is 2.20. The minimum atomic E-state index is -0.407. The van der Waals surface area contributed by atoms with Gasteiger partial charge in [0.2, 0.25) is 0 Å². The molecular weight excluding hydrogens is 245 g/mol. The Morgan fingerprint density at radius 1 is 1.47 bits per heavy atom. The minimum absolute atomic E-state index is 0.238. The molecule has 1 aliphatic heterocycles. The van der Waals surface area contributed by atoms with Crippen molar-refractivity contribution in [2.75, 3.05) is 13.7 Å². The van der Waals surface area contributed by atoms with E-state index in [9.17, 15) is 9.18 Å². The summed E-state index contributed by atoms with van der Waals surface area (Å²) in [5.74, 6) is -0.645. The summed E-state index contributed by atoms with van der Waals surface area (Å²) in [6.45, 7) is 2.71. The zero-order valence-electron chi connectivity index (χ0n) is 11.5. The van der Waals surface area contributed by atoms with E-state index in [2.05, 4.69) is 5.32 Å². The van der Waals surface area contributed by atoms with Gasteiger partial charge in [0.1, 0.15) is 5.82 Å². The molecule has 1 aromatic carbocycles. The van der Waals surface area contributed by atoms with Gasteiger partial charge in [0.25, 0.3) is 0 Å². The number of ether oxygens (including phenoxy) is 1. The van der Waals surface area contributed by atoms with Crippen LogP contribution in [0, 0.1) is 12.7 Å². The summed E-state index contributed by atoms with van der Waals surface area (Å²) in [4.78, 5) is 11.6. The summed E-state index contributed by atoms with van der Waals surface area (Å²) < 4.78 is 18.7. The van der Waals surface area contributed by atoms with Gasteiger partial charge in [-0.25, -0.2) is 9.18 Å². The molecule has 3 nitrogen and oxygen atoms in total. The van der Waals surface area contributed by atoms with E-state index in [4.69, 9.17) is 4.74 Å². The number of nitrogens with one attached hydrogen (secondary N) is 1. The van der Waals surface area contributed by atoms with Crippen LogP contribution < -0.4 is 5.32 Å². The van der Waals surface area contributed by atoms with Gasteiger partial charge in [0.05, 0.1) is 12.7 Å². The molecule has 1 N–H and O–H groups in total. The van der Waals surface area contributed by atoms with Crippen molar-refractivity contribution in [2.45, 2.75) is 38.6 Å². The molecule has 0 radical (unpaired) electrons. The number of benzene rings is 1. The fourth-order valence-electron chi connectivity index (χ4n) is 2.57. The fraction of sp³-hybridized carbons (Fsp3) is 0.533. The van der Waals surface area contributed by atoms with Crippen LogP contribution in [0.1, 0.15) is 40.7 Å². The monoisotopic (exact) mass is 265 g/mol. The third kappa shape index (κ3) is 3.32. The molecule has 0 saturated carbocycles. The van der Waals surface area contributed by atoms with E-state index in [-0.39, 0.29) is 5.82 Å². The average molecular weight is 265 g/mol. The van der Waals surface area contributed by atoms with E-state index < -0.39 is 5.97 Å². The first-order valence-electron chi connectivity index (χ1n) is 6.72. The molecule has 0 aromatic heterocycles. The Kier molecular flexibility index (Phi) is 4.53. The molecule has 1 fully saturated rings. The van der Waals surface area contributed by atoms with Crippen LogP contribution in [-0.4, -0.2) is 25.7 Å². The van der Waals surface area contributed by atoms with Crippen molar-refractivity contribution in [3.8, 4) is 0 Å². The highest BCUT2D eigenvalue weighted by molar-refractivity contribution is 5.91. The first-order chi connectivity index (χ1) is 9.11. The molecule has 1 atom stereocenters. The second-order valence-corrected chi connectivity index (χ2v) is 5.10. The number of carbonyl (C=O) groups is 1. The molecular formula is C15H20FNO2. The molecule has 19 heavy (non-hydrogen) atoms. The van der Waals surface area contributed by atoms with Crippen molar-refractivity contribution in [2.24, 2.45) is 0 Å². The Bertz CT molecular complexity index is 467. The summed E-state index contributed by atoms with van der Waals surface area (Å²) in [6, 6.07) is 3.36. The van der Waals surface area contributed by atoms with Crippen LogP contribution in [0.4, 0.5) is 4.39 Å². The molecule has 1 aromatic rings. The average Bonchev–Trinajstić information content (AvgIpc) is 2.42. The standard InChI is InChI=1S/C15H20FNO2/c1-10-7-14(16)11(9-13(10)15(18)19-2)8-12-5-3-4-6-17-12/h7,9,12,17H,3-6,8H2,1-2H3. The Balaban J connectivity index is 2.21. The van der Waals surface area contributed by atoms with Crippen LogP contribution in [0.2, 0.25) is 0 Å². The van der Waals surface area contributed by atoms with Crippen molar-refractivity contribution in [3.63, 3.8) is 0 Å². The van der Waals surface area contributed by atoms with Gasteiger partial charge in [-0.1, -0.05) is 6.42 Å². The number of rotatable bonds is 3. The van der Waals surface area contributed by atoms with Crippen LogP contribution in [0.25, 0.3) is 0 Å². The van der Waals surface area contributed by atoms with Gasteiger partial charge < -0.3 is 10.1 Å². The van der Waals surface area contributed by atoms with Crippen LogP contribution >= 0.6 is 0 Å². The highest BCUT2D eigenvalue weighted by Gasteiger charge is 2.18. The van der Waals surface area contributed by atoms with Crippen molar-refractivity contribution in [3.05, 3.63) is 34.6 Å². The van der Waals surface area contributed by atoms with Crippen LogP contribution in [0.5, 0.6) is 0 Å². The summed E-state index contributed by atoms with van der Waals surface area (Å²) in [6.07, 6.45) is 4.03. The molecule has 1 unspecified atom stereocenters. The van der Waals surface area contributed by atoms with Gasteiger partial charge >= 0.3 is 5.97 Å². The quantitative estimate of drug-likeness (QED) is 0.854. The maximum atomic E-state index is 14.0. The fourth-order valence-corrected chi connectivity index (χ4v) is 2.57. The lowest BCUT2D eigenvalue weighted by molar-refractivity contribution is 0.0599. The lowest BCUT2D eigenvalue weighted by Crippen LogP contribution is -2.35. The number of aryl methyl sites for hydroxylation is 1. The van der Waals surface area contributed by atoms with Crippen molar-refractivity contribution in [1.29, 1.82) is 0 Å². The second kappa shape index (κ2) is 6.15. The third-order valence-corrected chi connectivity index (χ3v) is 3.68. The normalized spacial score (nSPS) is 19.2. The molecule has 2 rings (SSSR count). The zero-order valence-corrected chi connectivity index (χ0v) is 11.5. The third-order valence-electron chi connectivity index (χ3n) is 3.68. The molecule has 1 heterocycles. The maximum absolute atomic E-state index is 14.0. The summed E-state index contributed by atoms with van der Waals surface area (Å²) >= 11 is 0. The number of piperidine rings is 1. The van der Waals surface area contributed by atoms with Gasteiger partial charge in [-0.3, -0.25) is 0 Å². The van der Waals surface area contributed by atoms with Crippen LogP contribution in [0.15, 0.2) is 12.1 Å². The smallest absolute Gasteiger partial charge is 0.338 e. The van der Waals surface area contributed by atoms with Crippen molar-refractivity contribution < 1.29 is 13.9 Å². The van der Waals surface area contributed by atoms with Gasteiger partial charge in [0.15, 0.2) is 0 Å². The van der Waals surface area contributed by atoms with E-state index in [0.29, 0.717) is 29.2 Å². The first kappa shape index (κ1) is 14.0. The first-order valence-corrected chi connectivity index (χ1v) is 6.72. The van der Waals surface area contributed by atoms with Gasteiger partial charge in [-0.15, -0.1) is 0 Å². The molecule has 104 valence electrons. The Hall–Kier alpha value is -1.42. The number of hydrogen-bond acceptors (Lipinski definition) is 3. The molecule has 1 aliphatic rings. The Morgan fingerprint density at radius 2 is 2.26 bits per heavy atom. The molecule has 0 amide bonds. The zero-order chi connectivity index (χ0) is 13.8. The number of halogens is 1. The maximum Gasteiger partial charge on any atom is 0.338 e. The number of hydrogen-bond donors (Lipinski definition) is 1. The van der Waals surface area contributed by atoms with Crippen LogP contribution in [-0.2, 0) is 11.2 Å². The topological polar surface area (TPSA) is 38.3 Å². The van der Waals surface area contributed by atoms with Crippen molar-refractivity contribution in [1.82, 2.24) is 5.32 Å². The van der Waals surface area contributed by atoms with Crippen molar-refractivity contribution >= 4 is 5.97 Å². The number of methoxy groups -OCH3 is 1. The van der Waals surface area contributed by atoms with Gasteiger partial charge in [0, 0.05) is 6.04 Å². The second-order valence-electron chi connectivity index (χ2n) is 5.10. The minimum Gasteiger partial charge on any atom is -0.465 e. The van der Waals surface area contributed by atoms with Crippen LogP contribution in [0.3, 0.4) is 0 Å². The van der Waals surface area contributed by atoms with E-state index in [1.807, 2.05) is 0 Å². The summed E-state index contributed by atoms with van der Waals surface area (Å²) in [5, 5.41) is 3.39. The summed E-state index contributed by atoms with van der Waals surface area (Å²) in [7, 11) is 1.34. The van der Waals surface area contributed by atoms with Gasteiger partial charge in [-0.2, -0.15) is 0 Å². The van der Waals surface area contributed by atoms with E-state index in [1.54, 1.807) is 13.0 Å². The predicted molar refractivity (Wildman–Crippen MR) is 71.8 cm³/mol. The lowest BCUT2D eigenvalue weighted by atomic mass is 9.95. The Morgan fingerprint density at radius 3 is 2.89 bits per heavy atom. The van der Waals surface area contributed by atoms with E-state index in [0.717, 1.165) is 13.0 Å². The van der Waals surface area contributed by atoms with E-state index in [1.165, 1.54) is 26.0 Å². The van der Waals surface area contributed by atoms with Gasteiger partial charge in [-0.05, 0) is 56.0 Å². The number of carbonyl (C=O) groups excluding carboxylic acids is 1. The predicted octanol–water partition coefficient (Wildman–Crippen LogP) is 2.61.